The van der Waals surface area contributed by atoms with Crippen molar-refractivity contribution in [1.82, 2.24) is 30.3 Å². The van der Waals surface area contributed by atoms with Gasteiger partial charge in [0.15, 0.2) is 0 Å². The van der Waals surface area contributed by atoms with Crippen LogP contribution in [0.3, 0.4) is 0 Å². The van der Waals surface area contributed by atoms with Crippen molar-refractivity contribution in [2.24, 2.45) is 0 Å². The Kier molecular flexibility index (Phi) is 6.85. The summed E-state index contributed by atoms with van der Waals surface area (Å²) in [6.07, 6.45) is 3.30. The Bertz CT molecular complexity index is 1180. The number of fused-ring (bicyclic) bond motifs is 1. The predicted octanol–water partition coefficient (Wildman–Crippen LogP) is 1.48. The van der Waals surface area contributed by atoms with Gasteiger partial charge < -0.3 is 25.2 Å². The van der Waals surface area contributed by atoms with E-state index in [1.54, 1.807) is 22.0 Å². The van der Waals surface area contributed by atoms with Gasteiger partial charge in [0.2, 0.25) is 5.95 Å². The molecule has 2 amide bonds. The second-order valence-corrected chi connectivity index (χ2v) is 7.65. The van der Waals surface area contributed by atoms with Crippen molar-refractivity contribution in [3.05, 3.63) is 47.9 Å². The first-order valence-corrected chi connectivity index (χ1v) is 11.0. The van der Waals surface area contributed by atoms with Crippen molar-refractivity contribution in [1.29, 1.82) is 0 Å². The lowest BCUT2D eigenvalue weighted by molar-refractivity contribution is 0.0989. The molecule has 0 fully saturated rings. The molecule has 0 atom stereocenters. The van der Waals surface area contributed by atoms with E-state index in [2.05, 4.69) is 30.9 Å². The highest BCUT2D eigenvalue weighted by molar-refractivity contribution is 6.09. The van der Waals surface area contributed by atoms with Gasteiger partial charge in [-0.3, -0.25) is 4.79 Å². The lowest BCUT2D eigenvalue weighted by Gasteiger charge is -2.21. The van der Waals surface area contributed by atoms with Crippen molar-refractivity contribution < 1.29 is 14.3 Å². The summed E-state index contributed by atoms with van der Waals surface area (Å²) in [7, 11) is 3.42. The monoisotopic (exact) mass is 465 g/mol. The molecule has 0 aliphatic carbocycles. The van der Waals surface area contributed by atoms with Gasteiger partial charge in [-0.05, 0) is 25.1 Å². The van der Waals surface area contributed by atoms with E-state index in [0.717, 1.165) is 11.4 Å². The van der Waals surface area contributed by atoms with Gasteiger partial charge >= 0.3 is 6.09 Å². The molecule has 1 aliphatic rings. The zero-order chi connectivity index (χ0) is 24.1. The van der Waals surface area contributed by atoms with Crippen LogP contribution in [-0.4, -0.2) is 77.3 Å². The van der Waals surface area contributed by atoms with E-state index in [4.69, 9.17) is 4.74 Å². The van der Waals surface area contributed by atoms with Crippen LogP contribution in [-0.2, 0) is 11.2 Å². The minimum Gasteiger partial charge on any atom is -0.449 e. The van der Waals surface area contributed by atoms with Gasteiger partial charge in [0.1, 0.15) is 11.4 Å². The third-order valence-corrected chi connectivity index (χ3v) is 5.34. The van der Waals surface area contributed by atoms with Crippen molar-refractivity contribution in [2.75, 3.05) is 55.5 Å². The summed E-state index contributed by atoms with van der Waals surface area (Å²) in [5.41, 5.74) is 2.63. The van der Waals surface area contributed by atoms with E-state index in [-0.39, 0.29) is 12.5 Å². The number of aromatic nitrogens is 5. The van der Waals surface area contributed by atoms with Gasteiger partial charge in [-0.2, -0.15) is 4.98 Å². The predicted molar refractivity (Wildman–Crippen MR) is 127 cm³/mol. The molecule has 12 nitrogen and oxygen atoms in total. The van der Waals surface area contributed by atoms with Crippen LogP contribution in [0.4, 0.5) is 22.2 Å². The standard InChI is InChI=1S/C22H27N9O3/c1-4-24-21-25-13-18-19(26-21)29(3)9-10-30(20(18)32)16-6-5-7-17(12-16)31-14-15(27-28-31)8-11-34-22(33)23-2/h5-7,12-14H,4,8-11H2,1-3H3,(H,23,33)(H,24,25,26). The fourth-order valence-electron chi connectivity index (χ4n) is 3.57. The van der Waals surface area contributed by atoms with E-state index in [1.165, 1.54) is 7.05 Å². The Balaban J connectivity index is 1.54. The van der Waals surface area contributed by atoms with Crippen molar-refractivity contribution in [3.63, 3.8) is 0 Å². The lowest BCUT2D eigenvalue weighted by atomic mass is 10.2. The zero-order valence-electron chi connectivity index (χ0n) is 19.4. The first-order chi connectivity index (χ1) is 16.5. The number of ether oxygens (including phenoxy) is 1. The maximum atomic E-state index is 13.4. The van der Waals surface area contributed by atoms with Crippen molar-refractivity contribution in [2.45, 2.75) is 13.3 Å². The number of likely N-dealkylation sites (N-methyl/N-ethyl adjacent to an activating group) is 1. The van der Waals surface area contributed by atoms with E-state index in [1.807, 2.05) is 43.1 Å². The molecule has 3 heterocycles. The highest BCUT2D eigenvalue weighted by Crippen LogP contribution is 2.27. The Morgan fingerprint density at radius 2 is 2.06 bits per heavy atom. The van der Waals surface area contributed by atoms with Gasteiger partial charge in [0.05, 0.1) is 24.2 Å². The Labute approximate surface area is 196 Å². The summed E-state index contributed by atoms with van der Waals surface area (Å²) in [6, 6.07) is 7.52. The van der Waals surface area contributed by atoms with E-state index in [0.29, 0.717) is 49.1 Å². The van der Waals surface area contributed by atoms with Gasteiger partial charge in [-0.15, -0.1) is 5.10 Å². The highest BCUT2D eigenvalue weighted by atomic mass is 16.5. The van der Waals surface area contributed by atoms with Crippen LogP contribution in [0.1, 0.15) is 23.0 Å². The summed E-state index contributed by atoms with van der Waals surface area (Å²) >= 11 is 0. The molecule has 0 unspecified atom stereocenters. The smallest absolute Gasteiger partial charge is 0.406 e. The highest BCUT2D eigenvalue weighted by Gasteiger charge is 2.28. The molecule has 2 N–H and O–H groups in total. The fraction of sp³-hybridized carbons (Fsp3) is 0.364. The minimum absolute atomic E-state index is 0.162. The number of carbonyl (C=O) groups is 2. The SMILES string of the molecule is CCNc1ncc2c(n1)N(C)CCN(c1cccc(-n3cc(CCOC(=O)NC)nn3)c1)C2=O. The van der Waals surface area contributed by atoms with Gasteiger partial charge in [-0.25, -0.2) is 14.5 Å². The third kappa shape index (κ3) is 4.90. The molecule has 12 heteroatoms. The number of amides is 2. The molecule has 1 aliphatic heterocycles. The number of hydrogen-bond acceptors (Lipinski definition) is 9. The van der Waals surface area contributed by atoms with Crippen LogP contribution in [0.2, 0.25) is 0 Å². The van der Waals surface area contributed by atoms with E-state index >= 15 is 0 Å². The average Bonchev–Trinajstić information content (AvgIpc) is 3.28. The van der Waals surface area contributed by atoms with Gasteiger partial charge in [0.25, 0.3) is 5.91 Å². The normalized spacial score (nSPS) is 13.3. The number of alkyl carbamates (subject to hydrolysis) is 1. The summed E-state index contributed by atoms with van der Waals surface area (Å²) in [6.45, 7) is 3.97. The third-order valence-electron chi connectivity index (χ3n) is 5.34. The van der Waals surface area contributed by atoms with Crippen LogP contribution in [0, 0.1) is 0 Å². The molecule has 4 rings (SSSR count). The first kappa shape index (κ1) is 23.0. The second kappa shape index (κ2) is 10.1. The average molecular weight is 466 g/mol. The molecule has 34 heavy (non-hydrogen) atoms. The maximum Gasteiger partial charge on any atom is 0.406 e. The lowest BCUT2D eigenvalue weighted by Crippen LogP contribution is -2.33. The van der Waals surface area contributed by atoms with Crippen molar-refractivity contribution in [3.8, 4) is 5.69 Å². The number of carbonyl (C=O) groups excluding carboxylic acids is 2. The van der Waals surface area contributed by atoms with Crippen LogP contribution in [0.5, 0.6) is 0 Å². The van der Waals surface area contributed by atoms with Crippen LogP contribution >= 0.6 is 0 Å². The summed E-state index contributed by atoms with van der Waals surface area (Å²) in [5.74, 6) is 0.943. The van der Waals surface area contributed by atoms with Crippen LogP contribution in [0.25, 0.3) is 5.69 Å². The van der Waals surface area contributed by atoms with Crippen LogP contribution in [0.15, 0.2) is 36.7 Å². The number of benzene rings is 1. The molecule has 0 radical (unpaired) electrons. The zero-order valence-corrected chi connectivity index (χ0v) is 19.4. The number of anilines is 3. The van der Waals surface area contributed by atoms with Crippen molar-refractivity contribution >= 4 is 29.5 Å². The Morgan fingerprint density at radius 3 is 2.85 bits per heavy atom. The van der Waals surface area contributed by atoms with Crippen LogP contribution < -0.4 is 20.4 Å². The molecular formula is C22H27N9O3. The molecule has 0 bridgehead atoms. The first-order valence-electron chi connectivity index (χ1n) is 11.0. The number of rotatable bonds is 7. The maximum absolute atomic E-state index is 13.4. The molecule has 0 saturated carbocycles. The summed E-state index contributed by atoms with van der Waals surface area (Å²) < 4.78 is 6.63. The van der Waals surface area contributed by atoms with E-state index in [9.17, 15) is 9.59 Å². The Morgan fingerprint density at radius 1 is 1.24 bits per heavy atom. The molecular weight excluding hydrogens is 438 g/mol. The van der Waals surface area contributed by atoms with E-state index < -0.39 is 6.09 Å². The fourth-order valence-corrected chi connectivity index (χ4v) is 3.57. The molecule has 178 valence electrons. The largest absolute Gasteiger partial charge is 0.449 e. The minimum atomic E-state index is -0.488. The quantitative estimate of drug-likeness (QED) is 0.533. The molecule has 3 aromatic rings. The summed E-state index contributed by atoms with van der Waals surface area (Å²) in [4.78, 5) is 37.1. The topological polar surface area (TPSA) is 130 Å². The van der Waals surface area contributed by atoms with Gasteiger partial charge in [0, 0.05) is 52.0 Å². The number of nitrogens with zero attached hydrogens (tertiary/aromatic N) is 7. The Hall–Kier alpha value is -4.22. The second-order valence-electron chi connectivity index (χ2n) is 7.65. The van der Waals surface area contributed by atoms with Gasteiger partial charge in [-0.1, -0.05) is 11.3 Å². The number of hydrogen-bond donors (Lipinski definition) is 2. The molecule has 0 saturated heterocycles. The number of nitrogens with one attached hydrogen (secondary N) is 2. The molecule has 0 spiro atoms. The molecule has 1 aromatic carbocycles. The molecule has 2 aromatic heterocycles. The summed E-state index contributed by atoms with van der Waals surface area (Å²) in [5, 5.41) is 13.8.